The number of pyridine rings is 1. The number of halogens is 7. The topological polar surface area (TPSA) is 138 Å². The van der Waals surface area contributed by atoms with E-state index < -0.39 is 77.9 Å². The fourth-order valence-electron chi connectivity index (χ4n) is 9.02. The Hall–Kier alpha value is -6.11. The number of nitrogens with zero attached hydrogens (tertiary/aromatic N) is 5. The SMILES string of the molecule is C[C@H]1CC[C@H](C(OCCCC(=O)Cn2nc(Cc3ccc(F)c(C(=O)N4CCN(C(=O)C5CC5)CC4)c3)c3ccccc3c2=O)C(F)(F)F)N1c1ccc2[nH]c(=O)cc(C(F)(F)F)c2c1. The molecule has 3 fully saturated rings. The van der Waals surface area contributed by atoms with Crippen molar-refractivity contribution >= 4 is 45.0 Å². The first-order valence-electron chi connectivity index (χ1n) is 21.4. The van der Waals surface area contributed by atoms with Crippen LogP contribution in [0.2, 0.25) is 0 Å². The molecular formula is C46H45F7N6O6. The van der Waals surface area contributed by atoms with Gasteiger partial charge in [-0.1, -0.05) is 24.3 Å². The molecule has 1 saturated carbocycles. The highest BCUT2D eigenvalue weighted by Crippen LogP contribution is 2.41. The van der Waals surface area contributed by atoms with Crippen LogP contribution in [0.4, 0.5) is 36.4 Å². The third kappa shape index (κ3) is 9.79. The number of alkyl halides is 6. The largest absolute Gasteiger partial charge is 0.417 e. The number of aromatic nitrogens is 3. The Balaban J connectivity index is 0.933. The maximum Gasteiger partial charge on any atom is 0.417 e. The number of carbonyl (C=O) groups is 3. The van der Waals surface area contributed by atoms with Crippen LogP contribution in [0.15, 0.2) is 76.3 Å². The van der Waals surface area contributed by atoms with E-state index in [2.05, 4.69) is 10.1 Å². The van der Waals surface area contributed by atoms with Crippen LogP contribution in [0.5, 0.6) is 0 Å². The molecule has 19 heteroatoms. The summed E-state index contributed by atoms with van der Waals surface area (Å²) in [6.45, 7) is 1.88. The summed E-state index contributed by atoms with van der Waals surface area (Å²) in [5.41, 5.74) is -2.11. The number of amides is 2. The number of ketones is 1. The van der Waals surface area contributed by atoms with E-state index in [4.69, 9.17) is 4.74 Å². The predicted molar refractivity (Wildman–Crippen MR) is 225 cm³/mol. The number of piperazine rings is 1. The Labute approximate surface area is 366 Å². The number of hydrogen-bond donors (Lipinski definition) is 1. The lowest BCUT2D eigenvalue weighted by atomic mass is 10.0. The van der Waals surface area contributed by atoms with Crippen molar-refractivity contribution in [3.8, 4) is 0 Å². The standard InChI is InChI=1S/C46H45F7N6O6/c1-26-8-15-39(59(26)29-12-14-37-33(23-29)35(45(48,49)50)24-40(61)54-37)41(46(51,52)53)65-20-4-5-30(60)25-58-44(64)32-7-3-2-6-31(32)38(55-58)22-27-9-13-36(47)34(21-27)43(63)57-18-16-56(17-19-57)42(62)28-10-11-28/h2-3,6-7,9,12-14,21,23-24,26,28,39,41H,4-5,8,10-11,15-20,22,25H2,1H3,(H,54,61)/t26-,39+,41?/m0/s1. The molecule has 3 aliphatic rings. The van der Waals surface area contributed by atoms with Crippen LogP contribution in [0.25, 0.3) is 21.7 Å². The summed E-state index contributed by atoms with van der Waals surface area (Å²) < 4.78 is 107. The Kier molecular flexibility index (Phi) is 12.6. The molecule has 0 radical (unpaired) electrons. The minimum absolute atomic E-state index is 0.00921. The van der Waals surface area contributed by atoms with Gasteiger partial charge in [-0.2, -0.15) is 31.4 Å². The second-order valence-electron chi connectivity index (χ2n) is 17.0. The summed E-state index contributed by atoms with van der Waals surface area (Å²) >= 11 is 0. The zero-order chi connectivity index (χ0) is 46.4. The maximum atomic E-state index is 15.1. The van der Waals surface area contributed by atoms with Gasteiger partial charge in [-0.05, 0) is 81.0 Å². The summed E-state index contributed by atoms with van der Waals surface area (Å²) in [5.74, 6) is -1.64. The van der Waals surface area contributed by atoms with Gasteiger partial charge in [0.1, 0.15) is 12.4 Å². The van der Waals surface area contributed by atoms with Crippen LogP contribution in [-0.4, -0.2) is 99.3 Å². The van der Waals surface area contributed by atoms with Crippen molar-refractivity contribution in [1.29, 1.82) is 0 Å². The highest BCUT2D eigenvalue weighted by Gasteiger charge is 2.51. The second-order valence-corrected chi connectivity index (χ2v) is 17.0. The number of carbonyl (C=O) groups excluding carboxylic acids is 3. The van der Waals surface area contributed by atoms with Crippen LogP contribution in [0.1, 0.15) is 72.6 Å². The minimum Gasteiger partial charge on any atom is -0.367 e. The van der Waals surface area contributed by atoms with Gasteiger partial charge in [0, 0.05) is 85.6 Å². The summed E-state index contributed by atoms with van der Waals surface area (Å²) in [6, 6.07) is 12.9. The number of Topliss-reactive ketones (excluding diaryl/α,β-unsaturated/α-hetero) is 1. The predicted octanol–water partition coefficient (Wildman–Crippen LogP) is 7.04. The molecule has 2 amide bonds. The van der Waals surface area contributed by atoms with Gasteiger partial charge in [0.2, 0.25) is 11.5 Å². The Bertz CT molecular complexity index is 2760. The lowest BCUT2D eigenvalue weighted by Crippen LogP contribution is -2.51. The molecule has 3 atom stereocenters. The lowest BCUT2D eigenvalue weighted by molar-refractivity contribution is -0.226. The first-order chi connectivity index (χ1) is 30.9. The molecule has 4 heterocycles. The summed E-state index contributed by atoms with van der Waals surface area (Å²) in [4.78, 5) is 71.7. The average molecular weight is 911 g/mol. The molecule has 65 heavy (non-hydrogen) atoms. The number of rotatable bonds is 13. The zero-order valence-electron chi connectivity index (χ0n) is 35.2. The van der Waals surface area contributed by atoms with E-state index in [9.17, 15) is 50.3 Å². The van der Waals surface area contributed by atoms with E-state index in [1.165, 1.54) is 40.1 Å². The molecule has 12 nitrogen and oxygen atoms in total. The highest BCUT2D eigenvalue weighted by molar-refractivity contribution is 5.95. The summed E-state index contributed by atoms with van der Waals surface area (Å²) in [5, 5.41) is 4.82. The molecule has 2 aliphatic heterocycles. The summed E-state index contributed by atoms with van der Waals surface area (Å²) in [6.07, 6.45) is -10.5. The van der Waals surface area contributed by atoms with Gasteiger partial charge in [0.05, 0.1) is 28.2 Å². The molecule has 0 bridgehead atoms. The van der Waals surface area contributed by atoms with Gasteiger partial charge in [-0.3, -0.25) is 24.0 Å². The Morgan fingerprint density at radius 3 is 2.25 bits per heavy atom. The van der Waals surface area contributed by atoms with Crippen molar-refractivity contribution < 1.29 is 49.9 Å². The third-order valence-corrected chi connectivity index (χ3v) is 12.4. The fraction of sp³-hybridized carbons (Fsp3) is 0.435. The molecule has 2 aromatic heterocycles. The van der Waals surface area contributed by atoms with Crippen molar-refractivity contribution in [1.82, 2.24) is 24.6 Å². The summed E-state index contributed by atoms with van der Waals surface area (Å²) in [7, 11) is 0. The molecule has 5 aromatic rings. The van der Waals surface area contributed by atoms with E-state index in [1.807, 2.05) is 0 Å². The van der Waals surface area contributed by atoms with Crippen molar-refractivity contribution in [2.24, 2.45) is 5.92 Å². The molecule has 344 valence electrons. The molecule has 3 aromatic carbocycles. The third-order valence-electron chi connectivity index (χ3n) is 12.4. The van der Waals surface area contributed by atoms with Crippen LogP contribution in [-0.2, 0) is 33.5 Å². The highest BCUT2D eigenvalue weighted by atomic mass is 19.4. The smallest absolute Gasteiger partial charge is 0.367 e. The molecule has 0 spiro atoms. The number of hydrogen-bond acceptors (Lipinski definition) is 8. The van der Waals surface area contributed by atoms with E-state index in [0.29, 0.717) is 35.8 Å². The van der Waals surface area contributed by atoms with Gasteiger partial charge < -0.3 is 24.4 Å². The van der Waals surface area contributed by atoms with Crippen LogP contribution < -0.4 is 16.0 Å². The molecule has 1 unspecified atom stereocenters. The second kappa shape index (κ2) is 18.0. The quantitative estimate of drug-likeness (QED) is 0.0983. The molecular weight excluding hydrogens is 866 g/mol. The van der Waals surface area contributed by atoms with Gasteiger partial charge >= 0.3 is 12.4 Å². The monoisotopic (exact) mass is 910 g/mol. The minimum atomic E-state index is -4.90. The van der Waals surface area contributed by atoms with E-state index in [0.717, 1.165) is 23.6 Å². The first kappa shape index (κ1) is 45.5. The van der Waals surface area contributed by atoms with Gasteiger partial charge in [0.25, 0.3) is 11.5 Å². The number of anilines is 1. The van der Waals surface area contributed by atoms with Crippen molar-refractivity contribution in [2.75, 3.05) is 37.7 Å². The normalized spacial score (nSPS) is 18.7. The Morgan fingerprint density at radius 1 is 0.846 bits per heavy atom. The van der Waals surface area contributed by atoms with Gasteiger partial charge in [-0.25, -0.2) is 9.07 Å². The van der Waals surface area contributed by atoms with Gasteiger partial charge in [0.15, 0.2) is 11.9 Å². The van der Waals surface area contributed by atoms with Crippen LogP contribution in [0.3, 0.4) is 0 Å². The number of H-pyrrole nitrogens is 1. The number of nitrogens with one attached hydrogen (secondary N) is 1. The van der Waals surface area contributed by atoms with Crippen molar-refractivity contribution in [2.45, 2.75) is 89.0 Å². The number of ether oxygens (including phenoxy) is 1. The molecule has 2 saturated heterocycles. The molecule has 1 N–H and O–H groups in total. The van der Waals surface area contributed by atoms with E-state index in [-0.39, 0.29) is 84.6 Å². The number of aromatic amines is 1. The van der Waals surface area contributed by atoms with Crippen LogP contribution >= 0.6 is 0 Å². The van der Waals surface area contributed by atoms with Gasteiger partial charge in [-0.15, -0.1) is 0 Å². The lowest BCUT2D eigenvalue weighted by Gasteiger charge is -2.36. The fourth-order valence-corrected chi connectivity index (χ4v) is 9.02. The van der Waals surface area contributed by atoms with Crippen LogP contribution in [0, 0.1) is 11.7 Å². The van der Waals surface area contributed by atoms with E-state index >= 15 is 4.39 Å². The molecule has 1 aliphatic carbocycles. The Morgan fingerprint density at radius 2 is 1.55 bits per heavy atom. The van der Waals surface area contributed by atoms with Crippen molar-refractivity contribution in [3.05, 3.63) is 116 Å². The molecule has 8 rings (SSSR count). The zero-order valence-corrected chi connectivity index (χ0v) is 35.2. The van der Waals surface area contributed by atoms with Crippen molar-refractivity contribution in [3.63, 3.8) is 0 Å². The van der Waals surface area contributed by atoms with E-state index in [1.54, 1.807) is 36.1 Å². The number of benzene rings is 3. The average Bonchev–Trinajstić information content (AvgIpc) is 4.05. The maximum absolute atomic E-state index is 15.1. The number of fused-ring (bicyclic) bond motifs is 2. The first-order valence-corrected chi connectivity index (χ1v) is 21.4.